The minimum atomic E-state index is -0.100. The highest BCUT2D eigenvalue weighted by molar-refractivity contribution is 7.13. The second-order valence-electron chi connectivity index (χ2n) is 9.91. The first-order chi connectivity index (χ1) is 18.0. The lowest BCUT2D eigenvalue weighted by Gasteiger charge is -2.29. The van der Waals surface area contributed by atoms with Gasteiger partial charge < -0.3 is 20.3 Å². The summed E-state index contributed by atoms with van der Waals surface area (Å²) in [4.78, 5) is 29.1. The van der Waals surface area contributed by atoms with Crippen molar-refractivity contribution in [2.45, 2.75) is 44.2 Å². The van der Waals surface area contributed by atoms with Crippen molar-refractivity contribution in [1.29, 1.82) is 0 Å². The Morgan fingerprint density at radius 2 is 1.84 bits per heavy atom. The molecule has 0 atom stereocenters. The Bertz CT molecular complexity index is 1440. The number of nitrogens with zero attached hydrogens (tertiary/aromatic N) is 4. The summed E-state index contributed by atoms with van der Waals surface area (Å²) in [5, 5.41) is 10.5. The number of carbonyl (C=O) groups excluding carboxylic acids is 1. The summed E-state index contributed by atoms with van der Waals surface area (Å²) in [7, 11) is 4.00. The van der Waals surface area contributed by atoms with Crippen LogP contribution in [0.4, 0.5) is 11.8 Å². The number of rotatable bonds is 6. The third-order valence-corrected chi connectivity index (χ3v) is 7.97. The number of hydrogen-bond acceptors (Lipinski definition) is 8. The van der Waals surface area contributed by atoms with Gasteiger partial charge in [-0.15, -0.1) is 11.3 Å². The Labute approximate surface area is 220 Å². The van der Waals surface area contributed by atoms with E-state index in [-0.39, 0.29) is 18.0 Å². The number of aromatic nitrogens is 3. The van der Waals surface area contributed by atoms with Gasteiger partial charge in [-0.1, -0.05) is 12.1 Å². The number of ether oxygens (including phenoxy) is 1. The number of amides is 1. The van der Waals surface area contributed by atoms with Crippen LogP contribution in [-0.2, 0) is 6.42 Å². The molecule has 0 saturated heterocycles. The van der Waals surface area contributed by atoms with E-state index in [1.807, 2.05) is 60.8 Å². The molecule has 3 heterocycles. The number of thiazole rings is 1. The van der Waals surface area contributed by atoms with E-state index >= 15 is 0 Å². The molecular formula is C28H30N6O2S. The molecular weight excluding hydrogens is 484 g/mol. The Morgan fingerprint density at radius 3 is 2.68 bits per heavy atom. The highest BCUT2D eigenvalue weighted by Gasteiger charge is 2.25. The molecule has 9 heteroatoms. The Morgan fingerprint density at radius 1 is 1.03 bits per heavy atom. The smallest absolute Gasteiger partial charge is 0.270 e. The molecule has 1 amide bonds. The molecule has 0 spiro atoms. The van der Waals surface area contributed by atoms with Crippen molar-refractivity contribution in [3.05, 3.63) is 59.1 Å². The van der Waals surface area contributed by atoms with Crippen LogP contribution in [0, 0.1) is 0 Å². The number of hydrogen-bond donors (Lipinski definition) is 2. The van der Waals surface area contributed by atoms with Gasteiger partial charge in [0.25, 0.3) is 5.91 Å². The standard InChI is InChI=1S/C28H30N6O2S/c1-34(2)25-21-5-3-4-6-22(21)32-28(33-25)30-20-10-8-19(9-11-20)29-26(35)23-16-37-27(31-23)18-7-12-24-17(15-18)13-14-36-24/h3-7,12,15-16,19-20H,8-11,13-14H2,1-2H3,(H,29,35)(H,30,32,33). The van der Waals surface area contributed by atoms with E-state index in [0.29, 0.717) is 11.6 Å². The normalized spacial score (nSPS) is 18.8. The fourth-order valence-electron chi connectivity index (χ4n) is 5.12. The van der Waals surface area contributed by atoms with Crippen LogP contribution in [0.3, 0.4) is 0 Å². The highest BCUT2D eigenvalue weighted by atomic mass is 32.1. The molecule has 2 aliphatic rings. The van der Waals surface area contributed by atoms with E-state index in [2.05, 4.69) is 21.7 Å². The van der Waals surface area contributed by atoms with Gasteiger partial charge in [0, 0.05) is 48.9 Å². The largest absolute Gasteiger partial charge is 0.493 e. The van der Waals surface area contributed by atoms with Crippen LogP contribution < -0.4 is 20.3 Å². The van der Waals surface area contributed by atoms with Crippen LogP contribution in [0.15, 0.2) is 47.8 Å². The van der Waals surface area contributed by atoms with Crippen LogP contribution in [0.5, 0.6) is 5.75 Å². The van der Waals surface area contributed by atoms with Crippen molar-refractivity contribution in [3.63, 3.8) is 0 Å². The summed E-state index contributed by atoms with van der Waals surface area (Å²) in [5.74, 6) is 2.42. The number of anilines is 2. The van der Waals surface area contributed by atoms with Crippen LogP contribution >= 0.6 is 11.3 Å². The molecule has 4 aromatic rings. The fourth-order valence-corrected chi connectivity index (χ4v) is 5.92. The molecule has 8 nitrogen and oxygen atoms in total. The fraction of sp³-hybridized carbons (Fsp3) is 0.357. The predicted molar refractivity (Wildman–Crippen MR) is 148 cm³/mol. The molecule has 1 fully saturated rings. The minimum absolute atomic E-state index is 0.100. The van der Waals surface area contributed by atoms with Gasteiger partial charge in [-0.25, -0.2) is 9.97 Å². The molecule has 0 radical (unpaired) electrons. The second kappa shape index (κ2) is 9.97. The van der Waals surface area contributed by atoms with Gasteiger partial charge in [0.2, 0.25) is 5.95 Å². The predicted octanol–water partition coefficient (Wildman–Crippen LogP) is 4.91. The molecule has 0 unspecified atom stereocenters. The van der Waals surface area contributed by atoms with E-state index in [9.17, 15) is 4.79 Å². The van der Waals surface area contributed by atoms with E-state index in [0.717, 1.165) is 71.8 Å². The van der Waals surface area contributed by atoms with Gasteiger partial charge >= 0.3 is 0 Å². The lowest BCUT2D eigenvalue weighted by Crippen LogP contribution is -2.40. The molecule has 1 aliphatic carbocycles. The summed E-state index contributed by atoms with van der Waals surface area (Å²) in [6.07, 6.45) is 4.61. The molecule has 2 aromatic carbocycles. The maximum Gasteiger partial charge on any atom is 0.270 e. The maximum atomic E-state index is 12.9. The number of carbonyl (C=O) groups is 1. The zero-order chi connectivity index (χ0) is 25.4. The number of nitrogens with one attached hydrogen (secondary N) is 2. The van der Waals surface area contributed by atoms with Crippen LogP contribution in [0.25, 0.3) is 21.5 Å². The van der Waals surface area contributed by atoms with Gasteiger partial charge in [-0.3, -0.25) is 4.79 Å². The van der Waals surface area contributed by atoms with E-state index in [4.69, 9.17) is 14.7 Å². The maximum absolute atomic E-state index is 12.9. The number of para-hydroxylation sites is 1. The molecule has 0 bridgehead atoms. The lowest BCUT2D eigenvalue weighted by molar-refractivity contribution is 0.0922. The van der Waals surface area contributed by atoms with Crippen molar-refractivity contribution < 1.29 is 9.53 Å². The summed E-state index contributed by atoms with van der Waals surface area (Å²) in [6.45, 7) is 0.731. The summed E-state index contributed by atoms with van der Waals surface area (Å²) in [5.41, 5.74) is 3.66. The van der Waals surface area contributed by atoms with Gasteiger partial charge in [0.15, 0.2) is 0 Å². The average Bonchev–Trinajstić information content (AvgIpc) is 3.59. The Kier molecular flexibility index (Phi) is 6.38. The molecule has 37 heavy (non-hydrogen) atoms. The third kappa shape index (κ3) is 4.96. The third-order valence-electron chi connectivity index (χ3n) is 7.08. The average molecular weight is 515 g/mol. The zero-order valence-corrected chi connectivity index (χ0v) is 21.8. The van der Waals surface area contributed by atoms with Crippen molar-refractivity contribution >= 4 is 39.9 Å². The van der Waals surface area contributed by atoms with Gasteiger partial charge in [-0.05, 0) is 61.6 Å². The lowest BCUT2D eigenvalue weighted by atomic mass is 9.91. The molecule has 6 rings (SSSR count). The molecule has 190 valence electrons. The van der Waals surface area contributed by atoms with Gasteiger partial charge in [-0.2, -0.15) is 4.98 Å². The first kappa shape index (κ1) is 23.7. The second-order valence-corrected chi connectivity index (χ2v) is 10.8. The van der Waals surface area contributed by atoms with Crippen LogP contribution in [0.1, 0.15) is 41.7 Å². The first-order valence-electron chi connectivity index (χ1n) is 12.8. The molecule has 1 saturated carbocycles. The van der Waals surface area contributed by atoms with E-state index in [1.54, 1.807) is 0 Å². The number of fused-ring (bicyclic) bond motifs is 2. The van der Waals surface area contributed by atoms with Crippen molar-refractivity contribution in [2.75, 3.05) is 30.9 Å². The first-order valence-corrected chi connectivity index (χ1v) is 13.6. The highest BCUT2D eigenvalue weighted by Crippen LogP contribution is 2.32. The zero-order valence-electron chi connectivity index (χ0n) is 21.0. The number of benzene rings is 2. The topological polar surface area (TPSA) is 92.3 Å². The van der Waals surface area contributed by atoms with E-state index < -0.39 is 0 Å². The molecule has 2 aromatic heterocycles. The molecule has 2 N–H and O–H groups in total. The molecule has 1 aliphatic heterocycles. The monoisotopic (exact) mass is 514 g/mol. The van der Waals surface area contributed by atoms with Crippen LogP contribution in [0.2, 0.25) is 0 Å². The Hall–Kier alpha value is -3.72. The summed E-state index contributed by atoms with van der Waals surface area (Å²) >= 11 is 1.50. The summed E-state index contributed by atoms with van der Waals surface area (Å²) in [6, 6.07) is 14.6. The summed E-state index contributed by atoms with van der Waals surface area (Å²) < 4.78 is 5.60. The Balaban J connectivity index is 1.05. The van der Waals surface area contributed by atoms with Gasteiger partial charge in [0.05, 0.1) is 12.1 Å². The quantitative estimate of drug-likeness (QED) is 0.378. The minimum Gasteiger partial charge on any atom is -0.493 e. The van der Waals surface area contributed by atoms with Crippen molar-refractivity contribution in [1.82, 2.24) is 20.3 Å². The van der Waals surface area contributed by atoms with Gasteiger partial charge in [0.1, 0.15) is 22.3 Å². The van der Waals surface area contributed by atoms with Crippen molar-refractivity contribution in [2.24, 2.45) is 0 Å². The van der Waals surface area contributed by atoms with Crippen molar-refractivity contribution in [3.8, 4) is 16.3 Å². The van der Waals surface area contributed by atoms with E-state index in [1.165, 1.54) is 16.9 Å². The SMILES string of the molecule is CN(C)c1nc(NC2CCC(NC(=O)c3csc(-c4ccc5c(c4)CCO5)n3)CC2)nc2ccccc12. The van der Waals surface area contributed by atoms with Crippen LogP contribution in [-0.4, -0.2) is 53.6 Å².